The van der Waals surface area contributed by atoms with Crippen LogP contribution in [0.3, 0.4) is 0 Å². The molecule has 0 saturated heterocycles. The van der Waals surface area contributed by atoms with Gasteiger partial charge in [0.15, 0.2) is 0 Å². The maximum Gasteiger partial charge on any atom is 2.00 e. The topological polar surface area (TPSA) is 20.3 Å². The first-order chi connectivity index (χ1) is 9.04. The van der Waals surface area contributed by atoms with Crippen LogP contribution in [0.4, 0.5) is 0 Å². The van der Waals surface area contributed by atoms with Crippen molar-refractivity contribution < 1.29 is 21.9 Å². The maximum atomic E-state index is 12.0. The van der Waals surface area contributed by atoms with E-state index in [2.05, 4.69) is 0 Å². The summed E-state index contributed by atoms with van der Waals surface area (Å²) in [5.74, 6) is 0.910. The number of carbonyl (C=O) groups excluding carboxylic acids is 1. The van der Waals surface area contributed by atoms with Crippen LogP contribution in [0.2, 0.25) is 0 Å². The van der Waals surface area contributed by atoms with Crippen LogP contribution in [0.5, 0.6) is 0 Å². The van der Waals surface area contributed by atoms with Crippen molar-refractivity contribution in [3.05, 3.63) is 63.7 Å². The van der Waals surface area contributed by atoms with Crippen molar-refractivity contribution >= 4 is 5.91 Å². The smallest absolute Gasteiger partial charge is 0.337 e. The molecule has 0 spiro atoms. The standard InChI is InChI=1S/C12H18NO.C5H5.Fe/c1-9(2)13(10(3)4)12(14)11-7-5-6-8-11;1-2-4-5-3-1;/h5-10H,1-4H3;1-5H;/q;;+2. The number of carbonyl (C=O) groups is 1. The van der Waals surface area contributed by atoms with E-state index in [1.165, 1.54) is 0 Å². The Labute approximate surface area is 136 Å². The molecule has 2 rings (SSSR count). The molecule has 0 aliphatic heterocycles. The van der Waals surface area contributed by atoms with Crippen LogP contribution in [-0.4, -0.2) is 22.9 Å². The number of hydrogen-bond acceptors (Lipinski definition) is 1. The molecule has 0 heterocycles. The molecule has 0 N–H and O–H groups in total. The molecule has 2 aliphatic rings. The van der Waals surface area contributed by atoms with Gasteiger partial charge in [-0.1, -0.05) is 0 Å². The van der Waals surface area contributed by atoms with Gasteiger partial charge in [0.2, 0.25) is 5.91 Å². The van der Waals surface area contributed by atoms with Crippen LogP contribution in [0, 0.1) is 63.7 Å². The van der Waals surface area contributed by atoms with Gasteiger partial charge in [0.05, 0.1) is 5.92 Å². The van der Waals surface area contributed by atoms with Crippen molar-refractivity contribution in [2.45, 2.75) is 39.8 Å². The molecular weight excluding hydrogens is 290 g/mol. The average Bonchev–Trinajstić information content (AvgIpc) is 3.05. The van der Waals surface area contributed by atoms with E-state index in [-0.39, 0.29) is 35.1 Å². The molecule has 0 unspecified atom stereocenters. The second-order valence-corrected chi connectivity index (χ2v) is 5.04. The van der Waals surface area contributed by atoms with Gasteiger partial charge < -0.3 is 4.90 Å². The van der Waals surface area contributed by atoms with Crippen molar-refractivity contribution in [2.75, 3.05) is 0 Å². The number of amides is 1. The zero-order valence-corrected chi connectivity index (χ0v) is 13.7. The fourth-order valence-electron chi connectivity index (χ4n) is 2.05. The molecule has 0 atom stereocenters. The van der Waals surface area contributed by atoms with Gasteiger partial charge in [-0.25, -0.2) is 0 Å². The normalized spacial score (nSPS) is 18.7. The van der Waals surface area contributed by atoms with E-state index in [1.807, 2.05) is 90.4 Å². The summed E-state index contributed by atoms with van der Waals surface area (Å²) in [5.41, 5.74) is 0. The first-order valence-corrected chi connectivity index (χ1v) is 6.75. The summed E-state index contributed by atoms with van der Waals surface area (Å²) in [6.45, 7) is 8.17. The van der Waals surface area contributed by atoms with Crippen LogP contribution >= 0.6 is 0 Å². The molecule has 2 saturated carbocycles. The Bertz CT molecular complexity index is 240. The Kier molecular flexibility index (Phi) is 10.7. The SMILES string of the molecule is CC(C)N(C(=O)[C]1[CH][CH][CH][CH]1)C(C)C.[CH]1[CH][CH][CH][CH]1.[Fe+2]. The Morgan fingerprint density at radius 3 is 1.45 bits per heavy atom. The monoisotopic (exact) mass is 313 g/mol. The predicted octanol–water partition coefficient (Wildman–Crippen LogP) is 3.06. The van der Waals surface area contributed by atoms with E-state index in [4.69, 9.17) is 0 Å². The summed E-state index contributed by atoms with van der Waals surface area (Å²) in [6.07, 6.45) is 17.5. The molecule has 1 amide bonds. The van der Waals surface area contributed by atoms with Crippen LogP contribution in [0.1, 0.15) is 27.7 Å². The molecule has 2 fully saturated rings. The van der Waals surface area contributed by atoms with Gasteiger partial charge >= 0.3 is 17.1 Å². The number of nitrogens with zero attached hydrogens (tertiary/aromatic N) is 1. The maximum absolute atomic E-state index is 12.0. The molecule has 2 aliphatic carbocycles. The summed E-state index contributed by atoms with van der Waals surface area (Å²) in [6, 6.07) is 0.495. The molecular formula is C17H23FeNO+2. The van der Waals surface area contributed by atoms with Crippen molar-refractivity contribution in [1.29, 1.82) is 0 Å². The van der Waals surface area contributed by atoms with Gasteiger partial charge in [0, 0.05) is 12.1 Å². The number of rotatable bonds is 3. The van der Waals surface area contributed by atoms with Crippen molar-refractivity contribution in [1.82, 2.24) is 4.90 Å². The van der Waals surface area contributed by atoms with Gasteiger partial charge in [-0.05, 0) is 85.5 Å². The van der Waals surface area contributed by atoms with Gasteiger partial charge in [0.1, 0.15) is 0 Å². The Morgan fingerprint density at radius 1 is 0.800 bits per heavy atom. The minimum absolute atomic E-state index is 0. The second-order valence-electron chi connectivity index (χ2n) is 5.04. The molecule has 0 aromatic carbocycles. The van der Waals surface area contributed by atoms with E-state index < -0.39 is 0 Å². The Hall–Kier alpha value is -0.0105. The molecule has 3 heteroatoms. The van der Waals surface area contributed by atoms with E-state index >= 15 is 0 Å². The zero-order valence-electron chi connectivity index (χ0n) is 12.6. The molecule has 2 nitrogen and oxygen atoms in total. The third kappa shape index (κ3) is 6.63. The summed E-state index contributed by atoms with van der Waals surface area (Å²) in [7, 11) is 0. The third-order valence-electron chi connectivity index (χ3n) is 2.81. The van der Waals surface area contributed by atoms with Crippen LogP contribution in [0.15, 0.2) is 0 Å². The summed E-state index contributed by atoms with van der Waals surface area (Å²) in [5, 5.41) is 0. The van der Waals surface area contributed by atoms with Gasteiger partial charge in [0.25, 0.3) is 0 Å². The van der Waals surface area contributed by atoms with Gasteiger partial charge in [-0.2, -0.15) is 0 Å². The van der Waals surface area contributed by atoms with E-state index in [1.54, 1.807) is 0 Å². The fraction of sp³-hybridized carbons (Fsp3) is 0.353. The molecule has 0 aromatic heterocycles. The minimum Gasteiger partial charge on any atom is -0.337 e. The quantitative estimate of drug-likeness (QED) is 0.733. The van der Waals surface area contributed by atoms with Crippen LogP contribution in [0.25, 0.3) is 0 Å². The van der Waals surface area contributed by atoms with Gasteiger partial charge in [-0.3, -0.25) is 4.79 Å². The summed E-state index contributed by atoms with van der Waals surface area (Å²) >= 11 is 0. The van der Waals surface area contributed by atoms with E-state index in [0.717, 1.165) is 5.92 Å². The predicted molar refractivity (Wildman–Crippen MR) is 79.1 cm³/mol. The van der Waals surface area contributed by atoms with E-state index in [9.17, 15) is 4.79 Å². The van der Waals surface area contributed by atoms with Crippen molar-refractivity contribution in [3.63, 3.8) is 0 Å². The Morgan fingerprint density at radius 2 is 1.15 bits per heavy atom. The zero-order chi connectivity index (χ0) is 14.3. The molecule has 10 radical (unpaired) electrons. The van der Waals surface area contributed by atoms with Crippen molar-refractivity contribution in [3.8, 4) is 0 Å². The largest absolute Gasteiger partial charge is 2.00 e. The molecule has 0 aromatic rings. The minimum atomic E-state index is 0. The van der Waals surface area contributed by atoms with Crippen molar-refractivity contribution in [2.24, 2.45) is 0 Å². The third-order valence-corrected chi connectivity index (χ3v) is 2.81. The first kappa shape index (κ1) is 20.0. The first-order valence-electron chi connectivity index (χ1n) is 6.75. The number of hydrogen-bond donors (Lipinski definition) is 0. The Balaban J connectivity index is 0.000000507. The summed E-state index contributed by atoms with van der Waals surface area (Å²) in [4.78, 5) is 13.9. The fourth-order valence-corrected chi connectivity index (χ4v) is 2.05. The average molecular weight is 313 g/mol. The molecule has 108 valence electrons. The second kappa shape index (κ2) is 10.7. The van der Waals surface area contributed by atoms with Crippen LogP contribution < -0.4 is 0 Å². The van der Waals surface area contributed by atoms with E-state index in [0.29, 0.717) is 0 Å². The molecule has 0 bridgehead atoms. The van der Waals surface area contributed by atoms with Gasteiger partial charge in [-0.15, -0.1) is 0 Å². The summed E-state index contributed by atoms with van der Waals surface area (Å²) < 4.78 is 0. The van der Waals surface area contributed by atoms with Crippen LogP contribution in [-0.2, 0) is 21.9 Å². The molecule has 20 heavy (non-hydrogen) atoms.